The van der Waals surface area contributed by atoms with Crippen LogP contribution in [0.15, 0.2) is 48.7 Å². The van der Waals surface area contributed by atoms with Crippen LogP contribution in [0.5, 0.6) is 0 Å². The summed E-state index contributed by atoms with van der Waals surface area (Å²) in [5, 5.41) is 3.17. The number of aromatic nitrogens is 3. The van der Waals surface area contributed by atoms with E-state index in [1.54, 1.807) is 6.20 Å². The lowest BCUT2D eigenvalue weighted by Gasteiger charge is -2.18. The number of rotatable bonds is 5. The van der Waals surface area contributed by atoms with Crippen LogP contribution in [-0.4, -0.2) is 20.9 Å². The van der Waals surface area contributed by atoms with Gasteiger partial charge in [-0.15, -0.1) is 0 Å². The van der Waals surface area contributed by atoms with Crippen molar-refractivity contribution in [1.29, 1.82) is 0 Å². The zero-order chi connectivity index (χ0) is 19.7. The van der Waals surface area contributed by atoms with Gasteiger partial charge in [0.1, 0.15) is 0 Å². The molecule has 142 valence electrons. The molecule has 0 saturated heterocycles. The minimum atomic E-state index is -0.0925. The Bertz CT molecular complexity index is 991. The van der Waals surface area contributed by atoms with Gasteiger partial charge in [-0.05, 0) is 68.5 Å². The van der Waals surface area contributed by atoms with Crippen LogP contribution >= 0.6 is 0 Å². The van der Waals surface area contributed by atoms with Crippen LogP contribution in [-0.2, 0) is 0 Å². The Hall–Kier alpha value is -3.28. The van der Waals surface area contributed by atoms with Gasteiger partial charge in [-0.25, -0.2) is 9.97 Å². The summed E-state index contributed by atoms with van der Waals surface area (Å²) in [6, 6.07) is 13.2. The molecular weight excluding hydrogens is 350 g/mol. The number of benzene rings is 1. The topological polar surface area (TPSA) is 93.8 Å². The van der Waals surface area contributed by atoms with Gasteiger partial charge in [0.25, 0.3) is 5.91 Å². The lowest BCUT2D eigenvalue weighted by Crippen LogP contribution is -2.30. The van der Waals surface area contributed by atoms with Crippen LogP contribution in [0.3, 0.4) is 0 Å². The molecule has 0 radical (unpaired) electrons. The average molecular weight is 373 g/mol. The predicted molar refractivity (Wildman–Crippen MR) is 109 cm³/mol. The minimum absolute atomic E-state index is 0.0450. The van der Waals surface area contributed by atoms with Gasteiger partial charge in [-0.2, -0.15) is 0 Å². The number of amides is 1. The van der Waals surface area contributed by atoms with Crippen molar-refractivity contribution in [3.05, 3.63) is 71.2 Å². The van der Waals surface area contributed by atoms with Gasteiger partial charge in [0.15, 0.2) is 0 Å². The summed E-state index contributed by atoms with van der Waals surface area (Å²) in [5.74, 6) is 0.615. The number of hydrogen-bond donors (Lipinski definition) is 2. The Balaban J connectivity index is 1.53. The number of hydrogen-bond acceptors (Lipinski definition) is 5. The van der Waals surface area contributed by atoms with Crippen molar-refractivity contribution < 1.29 is 4.79 Å². The van der Waals surface area contributed by atoms with Gasteiger partial charge in [0, 0.05) is 23.0 Å². The maximum absolute atomic E-state index is 12.8. The molecule has 1 fully saturated rings. The lowest BCUT2D eigenvalue weighted by atomic mass is 10.0. The third kappa shape index (κ3) is 4.01. The van der Waals surface area contributed by atoms with Gasteiger partial charge in [-0.1, -0.05) is 12.1 Å². The molecule has 0 spiro atoms. The first-order valence-electron chi connectivity index (χ1n) is 9.44. The highest BCUT2D eigenvalue weighted by Crippen LogP contribution is 2.40. The summed E-state index contributed by atoms with van der Waals surface area (Å²) < 4.78 is 0. The molecule has 6 nitrogen and oxygen atoms in total. The van der Waals surface area contributed by atoms with Gasteiger partial charge in [0.05, 0.1) is 17.4 Å². The molecule has 28 heavy (non-hydrogen) atoms. The van der Waals surface area contributed by atoms with Crippen molar-refractivity contribution in [3.8, 4) is 11.3 Å². The van der Waals surface area contributed by atoms with Crippen LogP contribution in [0.4, 0.5) is 5.95 Å². The Kier molecular flexibility index (Phi) is 4.77. The molecule has 4 rings (SSSR count). The van der Waals surface area contributed by atoms with Gasteiger partial charge in [-0.3, -0.25) is 9.78 Å². The number of nitrogen functional groups attached to an aromatic ring is 1. The Morgan fingerprint density at radius 1 is 1.11 bits per heavy atom. The Labute approximate surface area is 164 Å². The molecule has 6 heteroatoms. The van der Waals surface area contributed by atoms with E-state index < -0.39 is 0 Å². The summed E-state index contributed by atoms with van der Waals surface area (Å²) in [7, 11) is 0. The van der Waals surface area contributed by atoms with Crippen LogP contribution < -0.4 is 11.1 Å². The number of carbonyl (C=O) groups excluding carboxylic acids is 1. The molecule has 1 atom stereocenters. The number of nitrogens with zero attached hydrogens (tertiary/aromatic N) is 3. The van der Waals surface area contributed by atoms with Crippen molar-refractivity contribution in [2.24, 2.45) is 5.92 Å². The molecule has 0 bridgehead atoms. The summed E-state index contributed by atoms with van der Waals surface area (Å²) in [6.45, 7) is 3.91. The molecular formula is C22H23N5O. The highest BCUT2D eigenvalue weighted by atomic mass is 16.1. The van der Waals surface area contributed by atoms with E-state index in [9.17, 15) is 4.79 Å². The molecule has 1 aliphatic carbocycles. The quantitative estimate of drug-likeness (QED) is 0.712. The van der Waals surface area contributed by atoms with E-state index in [1.807, 2.05) is 56.3 Å². The summed E-state index contributed by atoms with van der Waals surface area (Å²) >= 11 is 0. The summed E-state index contributed by atoms with van der Waals surface area (Å²) in [4.78, 5) is 25.7. The van der Waals surface area contributed by atoms with Crippen molar-refractivity contribution >= 4 is 11.9 Å². The standard InChI is InChI=1S/C22H23N5O/c1-13-9-10-24-19(11-13)20(16-5-6-16)27-21(28)17-7-3-15(4-8-17)18-12-14(2)25-22(23)26-18/h3-4,7-12,16,20H,5-6H2,1-2H3,(H,27,28)(H2,23,25,26). The third-order valence-electron chi connectivity index (χ3n) is 4.95. The van der Waals surface area contributed by atoms with Crippen molar-refractivity contribution in [3.63, 3.8) is 0 Å². The molecule has 2 heterocycles. The van der Waals surface area contributed by atoms with Gasteiger partial charge in [0.2, 0.25) is 5.95 Å². The lowest BCUT2D eigenvalue weighted by molar-refractivity contribution is 0.0930. The number of carbonyl (C=O) groups is 1. The van der Waals surface area contributed by atoms with Crippen LogP contribution in [0.2, 0.25) is 0 Å². The highest BCUT2D eigenvalue weighted by molar-refractivity contribution is 5.95. The van der Waals surface area contributed by atoms with E-state index in [1.165, 1.54) is 0 Å². The maximum Gasteiger partial charge on any atom is 0.251 e. The van der Waals surface area contributed by atoms with Crippen LogP contribution in [0.1, 0.15) is 46.2 Å². The number of anilines is 1. The van der Waals surface area contributed by atoms with E-state index >= 15 is 0 Å². The molecule has 1 aromatic carbocycles. The normalized spacial score (nSPS) is 14.5. The number of nitrogens with two attached hydrogens (primary N) is 1. The largest absolute Gasteiger partial charge is 0.368 e. The first-order chi connectivity index (χ1) is 13.5. The zero-order valence-corrected chi connectivity index (χ0v) is 16.0. The fourth-order valence-corrected chi connectivity index (χ4v) is 3.35. The van der Waals surface area contributed by atoms with Gasteiger partial charge < -0.3 is 11.1 Å². The number of aryl methyl sites for hydroxylation is 2. The van der Waals surface area contributed by atoms with E-state index in [2.05, 4.69) is 20.3 Å². The molecule has 3 N–H and O–H groups in total. The smallest absolute Gasteiger partial charge is 0.251 e. The highest BCUT2D eigenvalue weighted by Gasteiger charge is 2.34. The first-order valence-corrected chi connectivity index (χ1v) is 9.44. The molecule has 3 aromatic rings. The monoisotopic (exact) mass is 373 g/mol. The maximum atomic E-state index is 12.8. The van der Waals surface area contributed by atoms with E-state index in [4.69, 9.17) is 5.73 Å². The van der Waals surface area contributed by atoms with Crippen LogP contribution in [0, 0.1) is 19.8 Å². The molecule has 0 aliphatic heterocycles. The average Bonchev–Trinajstić information content (AvgIpc) is 3.50. The second-order valence-corrected chi connectivity index (χ2v) is 7.38. The van der Waals surface area contributed by atoms with Crippen molar-refractivity contribution in [2.75, 3.05) is 5.73 Å². The molecule has 1 amide bonds. The SMILES string of the molecule is Cc1ccnc(C(NC(=O)c2ccc(-c3cc(C)nc(N)n3)cc2)C2CC2)c1. The predicted octanol–water partition coefficient (Wildman–Crippen LogP) is 3.62. The van der Waals surface area contributed by atoms with E-state index in [0.29, 0.717) is 11.5 Å². The fourth-order valence-electron chi connectivity index (χ4n) is 3.35. The number of nitrogens with one attached hydrogen (secondary N) is 1. The fraction of sp³-hybridized carbons (Fsp3) is 0.273. The van der Waals surface area contributed by atoms with Crippen molar-refractivity contribution in [2.45, 2.75) is 32.7 Å². The second-order valence-electron chi connectivity index (χ2n) is 7.38. The molecule has 1 aliphatic rings. The number of pyridine rings is 1. The van der Waals surface area contributed by atoms with Gasteiger partial charge >= 0.3 is 0 Å². The summed E-state index contributed by atoms with van der Waals surface area (Å²) in [6.07, 6.45) is 4.04. The third-order valence-corrected chi connectivity index (χ3v) is 4.95. The molecule has 2 aromatic heterocycles. The Morgan fingerprint density at radius 3 is 2.50 bits per heavy atom. The summed E-state index contributed by atoms with van der Waals surface area (Å²) in [5.41, 5.74) is 10.9. The molecule has 1 saturated carbocycles. The minimum Gasteiger partial charge on any atom is -0.368 e. The van der Waals surface area contributed by atoms with E-state index in [-0.39, 0.29) is 17.9 Å². The van der Waals surface area contributed by atoms with Crippen molar-refractivity contribution in [1.82, 2.24) is 20.3 Å². The molecule has 1 unspecified atom stereocenters. The van der Waals surface area contributed by atoms with E-state index in [0.717, 1.165) is 41.1 Å². The second kappa shape index (κ2) is 7.38. The zero-order valence-electron chi connectivity index (χ0n) is 16.0. The Morgan fingerprint density at radius 2 is 1.86 bits per heavy atom. The van der Waals surface area contributed by atoms with Crippen LogP contribution in [0.25, 0.3) is 11.3 Å². The first kappa shape index (κ1) is 18.1.